The Labute approximate surface area is 151 Å². The lowest BCUT2D eigenvalue weighted by Crippen LogP contribution is -2.44. The molecule has 7 heteroatoms. The molecular weight excluding hydrogens is 338 g/mol. The molecule has 25 heavy (non-hydrogen) atoms. The Hall–Kier alpha value is -2.25. The van der Waals surface area contributed by atoms with Crippen LogP contribution >= 0.6 is 11.8 Å². The van der Waals surface area contributed by atoms with Crippen molar-refractivity contribution < 1.29 is 14.6 Å². The number of aromatic nitrogens is 1. The van der Waals surface area contributed by atoms with Gasteiger partial charge in [-0.1, -0.05) is 23.9 Å². The highest BCUT2D eigenvalue weighted by atomic mass is 32.2. The van der Waals surface area contributed by atoms with Gasteiger partial charge in [-0.3, -0.25) is 0 Å². The molecule has 0 unspecified atom stereocenters. The fraction of sp³-hybridized carbons (Fsp3) is 0.333. The van der Waals surface area contributed by atoms with Crippen molar-refractivity contribution >= 4 is 22.7 Å². The molecule has 1 aliphatic rings. The lowest BCUT2D eigenvalue weighted by atomic mass is 10.0. The highest BCUT2D eigenvalue weighted by molar-refractivity contribution is 8.14. The average Bonchev–Trinajstić information content (AvgIpc) is 2.98. The predicted octanol–water partition coefficient (Wildman–Crippen LogP) is 3.00. The van der Waals surface area contributed by atoms with Gasteiger partial charge in [0.15, 0.2) is 28.2 Å². The lowest BCUT2D eigenvalue weighted by Gasteiger charge is -2.34. The number of aliphatic hydroxyl groups is 1. The molecule has 132 valence electrons. The lowest BCUT2D eigenvalue weighted by molar-refractivity contribution is -0.0453. The van der Waals surface area contributed by atoms with Crippen LogP contribution in [0, 0.1) is 0 Å². The van der Waals surface area contributed by atoms with E-state index < -0.39 is 5.72 Å². The molecule has 1 atom stereocenters. The van der Waals surface area contributed by atoms with Crippen LogP contribution < -0.4 is 9.47 Å². The summed E-state index contributed by atoms with van der Waals surface area (Å²) in [7, 11) is 3.17. The first-order valence-corrected chi connectivity index (χ1v) is 8.96. The largest absolute Gasteiger partial charge is 0.493 e. The van der Waals surface area contributed by atoms with Crippen LogP contribution in [0.25, 0.3) is 0 Å². The number of benzene rings is 1. The van der Waals surface area contributed by atoms with Gasteiger partial charge in [0, 0.05) is 18.3 Å². The number of rotatable bonds is 5. The van der Waals surface area contributed by atoms with Crippen molar-refractivity contribution in [2.75, 3.05) is 26.5 Å². The van der Waals surface area contributed by atoms with E-state index in [4.69, 9.17) is 9.47 Å². The van der Waals surface area contributed by atoms with Crippen LogP contribution in [0.4, 0.5) is 5.82 Å². The maximum atomic E-state index is 11.4. The molecule has 0 saturated carbocycles. The van der Waals surface area contributed by atoms with Crippen LogP contribution in [0.15, 0.2) is 47.6 Å². The van der Waals surface area contributed by atoms with Crippen LogP contribution in [0.5, 0.6) is 11.5 Å². The van der Waals surface area contributed by atoms with Crippen LogP contribution in [-0.2, 0) is 5.72 Å². The van der Waals surface area contributed by atoms with Crippen molar-refractivity contribution in [1.29, 1.82) is 0 Å². The van der Waals surface area contributed by atoms with Gasteiger partial charge in [0.25, 0.3) is 0 Å². The zero-order valence-corrected chi connectivity index (χ0v) is 15.3. The third kappa shape index (κ3) is 3.29. The summed E-state index contributed by atoms with van der Waals surface area (Å²) in [6.45, 7) is 2.61. The minimum absolute atomic E-state index is 0.474. The molecule has 0 spiro atoms. The Kier molecular flexibility index (Phi) is 5.15. The summed E-state index contributed by atoms with van der Waals surface area (Å²) in [5.41, 5.74) is -0.419. The first-order valence-electron chi connectivity index (χ1n) is 7.97. The third-order valence-electron chi connectivity index (χ3n) is 4.10. The molecule has 1 aliphatic heterocycles. The van der Waals surface area contributed by atoms with Crippen molar-refractivity contribution in [1.82, 2.24) is 9.88 Å². The van der Waals surface area contributed by atoms with Gasteiger partial charge in [-0.2, -0.15) is 0 Å². The van der Waals surface area contributed by atoms with Gasteiger partial charge in [-0.25, -0.2) is 9.98 Å². The summed E-state index contributed by atoms with van der Waals surface area (Å²) in [5.74, 6) is 2.32. The maximum absolute atomic E-state index is 11.4. The Balaban J connectivity index is 1.97. The molecule has 1 N–H and O–H groups in total. The second kappa shape index (κ2) is 7.33. The standard InChI is InChI=1S/C18H21N3O3S/c1-4-21-17(20-16-7-5-6-10-19-16)25-12-18(21,22)13-8-9-14(23-2)15(11-13)24-3/h5-11,22H,4,12H2,1-3H3/t18-/m0/s1. The van der Waals surface area contributed by atoms with Crippen LogP contribution in [0.2, 0.25) is 0 Å². The Morgan fingerprint density at radius 3 is 2.68 bits per heavy atom. The van der Waals surface area contributed by atoms with E-state index in [1.807, 2.05) is 42.2 Å². The molecule has 0 aliphatic carbocycles. The van der Waals surface area contributed by atoms with Crippen LogP contribution in [0.3, 0.4) is 0 Å². The highest BCUT2D eigenvalue weighted by Crippen LogP contribution is 2.42. The maximum Gasteiger partial charge on any atom is 0.175 e. The highest BCUT2D eigenvalue weighted by Gasteiger charge is 2.44. The molecule has 1 saturated heterocycles. The summed E-state index contributed by atoms with van der Waals surface area (Å²) in [4.78, 5) is 10.7. The number of hydrogen-bond donors (Lipinski definition) is 1. The molecule has 6 nitrogen and oxygen atoms in total. The van der Waals surface area contributed by atoms with E-state index in [1.54, 1.807) is 26.5 Å². The molecule has 2 aromatic rings. The normalized spacial score (nSPS) is 21.6. The second-order valence-corrected chi connectivity index (χ2v) is 6.44. The Morgan fingerprint density at radius 1 is 1.24 bits per heavy atom. The van der Waals surface area contributed by atoms with E-state index in [9.17, 15) is 5.11 Å². The minimum Gasteiger partial charge on any atom is -0.493 e. The molecular formula is C18H21N3O3S. The van der Waals surface area contributed by atoms with Gasteiger partial charge < -0.3 is 19.5 Å². The number of pyridine rings is 1. The number of aliphatic imine (C=N–C) groups is 1. The van der Waals surface area contributed by atoms with Crippen LogP contribution in [0.1, 0.15) is 12.5 Å². The van der Waals surface area contributed by atoms with Gasteiger partial charge in [0.2, 0.25) is 0 Å². The zero-order valence-electron chi connectivity index (χ0n) is 14.5. The quantitative estimate of drug-likeness (QED) is 0.885. The number of methoxy groups -OCH3 is 2. The van der Waals surface area contributed by atoms with Crippen molar-refractivity contribution in [3.05, 3.63) is 48.2 Å². The smallest absolute Gasteiger partial charge is 0.175 e. The SMILES string of the molecule is CCN1C(=Nc2ccccn2)SC[C@]1(O)c1ccc(OC)c(OC)c1. The topological polar surface area (TPSA) is 67.2 Å². The number of hydrogen-bond acceptors (Lipinski definition) is 6. The number of amidine groups is 1. The van der Waals surface area contributed by atoms with Crippen molar-refractivity contribution in [2.45, 2.75) is 12.6 Å². The molecule has 0 radical (unpaired) electrons. The van der Waals surface area contributed by atoms with Crippen molar-refractivity contribution in [3.63, 3.8) is 0 Å². The minimum atomic E-state index is -1.16. The monoisotopic (exact) mass is 359 g/mol. The first-order chi connectivity index (χ1) is 12.1. The fourth-order valence-electron chi connectivity index (χ4n) is 2.81. The van der Waals surface area contributed by atoms with E-state index in [2.05, 4.69) is 9.98 Å². The predicted molar refractivity (Wildman–Crippen MR) is 99.6 cm³/mol. The van der Waals surface area contributed by atoms with E-state index in [0.717, 1.165) is 10.7 Å². The molecule has 1 aromatic carbocycles. The molecule has 3 rings (SSSR count). The van der Waals surface area contributed by atoms with Gasteiger partial charge in [-0.15, -0.1) is 0 Å². The third-order valence-corrected chi connectivity index (χ3v) is 5.22. The summed E-state index contributed by atoms with van der Waals surface area (Å²) >= 11 is 1.51. The molecule has 2 heterocycles. The van der Waals surface area contributed by atoms with Gasteiger partial charge in [-0.05, 0) is 31.2 Å². The molecule has 0 bridgehead atoms. The Bertz CT molecular complexity index is 769. The van der Waals surface area contributed by atoms with Gasteiger partial charge in [0.05, 0.1) is 20.0 Å². The number of nitrogens with zero attached hydrogens (tertiary/aromatic N) is 3. The van der Waals surface area contributed by atoms with Crippen LogP contribution in [-0.4, -0.2) is 46.7 Å². The van der Waals surface area contributed by atoms with E-state index >= 15 is 0 Å². The molecule has 0 amide bonds. The zero-order chi connectivity index (χ0) is 17.9. The first kappa shape index (κ1) is 17.6. The summed E-state index contributed by atoms with van der Waals surface area (Å²) < 4.78 is 10.7. The number of thioether (sulfide) groups is 1. The van der Waals surface area contributed by atoms with Gasteiger partial charge in [0.1, 0.15) is 0 Å². The Morgan fingerprint density at radius 2 is 2.04 bits per heavy atom. The van der Waals surface area contributed by atoms with Crippen molar-refractivity contribution in [3.8, 4) is 11.5 Å². The second-order valence-electron chi connectivity index (χ2n) is 5.50. The fourth-order valence-corrected chi connectivity index (χ4v) is 4.06. The molecule has 1 aromatic heterocycles. The van der Waals surface area contributed by atoms with Gasteiger partial charge >= 0.3 is 0 Å². The average molecular weight is 359 g/mol. The summed E-state index contributed by atoms with van der Waals surface area (Å²) in [6.07, 6.45) is 1.70. The number of ether oxygens (including phenoxy) is 2. The molecule has 1 fully saturated rings. The van der Waals surface area contributed by atoms with E-state index in [1.165, 1.54) is 11.8 Å². The van der Waals surface area contributed by atoms with Crippen molar-refractivity contribution in [2.24, 2.45) is 4.99 Å². The summed E-state index contributed by atoms with van der Waals surface area (Å²) in [6, 6.07) is 11.1. The summed E-state index contributed by atoms with van der Waals surface area (Å²) in [5, 5.41) is 12.1. The van der Waals surface area contributed by atoms with E-state index in [0.29, 0.717) is 29.6 Å². The van der Waals surface area contributed by atoms with E-state index in [-0.39, 0.29) is 0 Å².